The number of benzene rings is 2. The van der Waals surface area contributed by atoms with Gasteiger partial charge in [0.25, 0.3) is 11.6 Å². The van der Waals surface area contributed by atoms with Crippen LogP contribution in [-0.2, 0) is 4.79 Å². The summed E-state index contributed by atoms with van der Waals surface area (Å²) in [5.74, 6) is -0.555. The van der Waals surface area contributed by atoms with E-state index in [0.29, 0.717) is 22.6 Å². The van der Waals surface area contributed by atoms with Crippen molar-refractivity contribution in [1.29, 1.82) is 0 Å². The minimum absolute atomic E-state index is 0.0157. The summed E-state index contributed by atoms with van der Waals surface area (Å²) in [7, 11) is 0. The molecule has 0 saturated heterocycles. The number of nitro benzene ring substituents is 1. The summed E-state index contributed by atoms with van der Waals surface area (Å²) in [6.07, 6.45) is 0. The molecule has 1 N–H and O–H groups in total. The molecule has 25 heavy (non-hydrogen) atoms. The number of hydrogen-bond acceptors (Lipinski definition) is 5. The van der Waals surface area contributed by atoms with Gasteiger partial charge in [-0.15, -0.1) is 0 Å². The molecule has 2 aromatic carbocycles. The van der Waals surface area contributed by atoms with Crippen LogP contribution in [-0.4, -0.2) is 23.1 Å². The average molecular weight is 345 g/mol. The maximum atomic E-state index is 12.8. The first-order valence-electron chi connectivity index (χ1n) is 7.33. The summed E-state index contributed by atoms with van der Waals surface area (Å²) in [4.78, 5) is 22.2. The molecule has 0 saturated carbocycles. The maximum Gasteiger partial charge on any atom is 0.277 e. The molecule has 7 nitrogen and oxygen atoms in total. The van der Waals surface area contributed by atoms with Gasteiger partial charge < -0.3 is 4.74 Å². The van der Waals surface area contributed by atoms with E-state index in [1.165, 1.54) is 30.3 Å². The fourth-order valence-electron chi connectivity index (χ4n) is 1.95. The Bertz CT molecular complexity index is 819. The van der Waals surface area contributed by atoms with Crippen molar-refractivity contribution in [2.24, 2.45) is 5.10 Å². The van der Waals surface area contributed by atoms with Crippen LogP contribution in [0, 0.1) is 22.9 Å². The minimum Gasteiger partial charge on any atom is -0.484 e. The highest BCUT2D eigenvalue weighted by Crippen LogP contribution is 2.19. The van der Waals surface area contributed by atoms with E-state index in [2.05, 4.69) is 10.5 Å². The fourth-order valence-corrected chi connectivity index (χ4v) is 1.95. The van der Waals surface area contributed by atoms with Gasteiger partial charge in [-0.05, 0) is 38.1 Å². The van der Waals surface area contributed by atoms with E-state index in [0.717, 1.165) is 0 Å². The third kappa shape index (κ3) is 5.10. The van der Waals surface area contributed by atoms with Crippen molar-refractivity contribution in [3.63, 3.8) is 0 Å². The summed E-state index contributed by atoms with van der Waals surface area (Å²) in [6, 6.07) is 9.95. The van der Waals surface area contributed by atoms with Crippen LogP contribution >= 0.6 is 0 Å². The van der Waals surface area contributed by atoms with Crippen LogP contribution in [0.2, 0.25) is 0 Å². The van der Waals surface area contributed by atoms with Crippen molar-refractivity contribution in [3.05, 3.63) is 69.5 Å². The first-order valence-corrected chi connectivity index (χ1v) is 7.33. The monoisotopic (exact) mass is 345 g/mol. The lowest BCUT2D eigenvalue weighted by atomic mass is 10.1. The van der Waals surface area contributed by atoms with Gasteiger partial charge in [0.05, 0.1) is 10.6 Å². The Labute approximate surface area is 143 Å². The molecule has 0 fully saturated rings. The van der Waals surface area contributed by atoms with Gasteiger partial charge in [-0.3, -0.25) is 14.9 Å². The van der Waals surface area contributed by atoms with Gasteiger partial charge in [0.1, 0.15) is 11.6 Å². The summed E-state index contributed by atoms with van der Waals surface area (Å²) in [6.45, 7) is 2.97. The number of ether oxygens (including phenoxy) is 1. The van der Waals surface area contributed by atoms with E-state index < -0.39 is 16.6 Å². The average Bonchev–Trinajstić information content (AvgIpc) is 2.59. The van der Waals surface area contributed by atoms with Gasteiger partial charge in [0, 0.05) is 17.2 Å². The molecule has 130 valence electrons. The molecule has 0 atom stereocenters. The van der Waals surface area contributed by atoms with Crippen LogP contribution in [0.25, 0.3) is 0 Å². The predicted octanol–water partition coefficient (Wildman–Crippen LogP) is 2.96. The number of aryl methyl sites for hydroxylation is 1. The Kier molecular flexibility index (Phi) is 5.78. The van der Waals surface area contributed by atoms with E-state index in [9.17, 15) is 19.3 Å². The summed E-state index contributed by atoms with van der Waals surface area (Å²) < 4.78 is 18.0. The minimum atomic E-state index is -0.509. The summed E-state index contributed by atoms with van der Waals surface area (Å²) >= 11 is 0. The number of hydrogen-bond donors (Lipinski definition) is 1. The zero-order valence-electron chi connectivity index (χ0n) is 13.7. The lowest BCUT2D eigenvalue weighted by Gasteiger charge is -2.06. The Morgan fingerprint density at radius 2 is 1.96 bits per heavy atom. The van der Waals surface area contributed by atoms with Crippen molar-refractivity contribution in [3.8, 4) is 5.75 Å². The summed E-state index contributed by atoms with van der Waals surface area (Å²) in [5.41, 5.74) is 3.77. The molecule has 0 heterocycles. The van der Waals surface area contributed by atoms with Crippen LogP contribution in [0.5, 0.6) is 5.75 Å². The second-order valence-corrected chi connectivity index (χ2v) is 5.23. The van der Waals surface area contributed by atoms with Gasteiger partial charge in [-0.25, -0.2) is 9.82 Å². The molecule has 1 amide bonds. The molecule has 8 heteroatoms. The highest BCUT2D eigenvalue weighted by molar-refractivity contribution is 5.99. The first-order chi connectivity index (χ1) is 11.9. The van der Waals surface area contributed by atoms with Gasteiger partial charge in [0.2, 0.25) is 0 Å². The number of halogens is 1. The van der Waals surface area contributed by atoms with E-state index >= 15 is 0 Å². The van der Waals surface area contributed by atoms with Gasteiger partial charge in [0.15, 0.2) is 6.61 Å². The highest BCUT2D eigenvalue weighted by Gasteiger charge is 2.12. The van der Waals surface area contributed by atoms with Crippen molar-refractivity contribution >= 4 is 17.3 Å². The van der Waals surface area contributed by atoms with Crippen LogP contribution in [0.1, 0.15) is 18.1 Å². The Hall–Kier alpha value is -3.29. The number of rotatable bonds is 6. The fraction of sp³-hybridized carbons (Fsp3) is 0.176. The molecular formula is C17H16FN3O4. The van der Waals surface area contributed by atoms with Gasteiger partial charge in [-0.1, -0.05) is 12.1 Å². The highest BCUT2D eigenvalue weighted by atomic mass is 19.1. The van der Waals surface area contributed by atoms with E-state index in [-0.39, 0.29) is 12.3 Å². The van der Waals surface area contributed by atoms with Crippen molar-refractivity contribution in [1.82, 2.24) is 5.43 Å². The normalized spacial score (nSPS) is 11.1. The number of carbonyl (C=O) groups excluding carboxylic acids is 1. The van der Waals surface area contributed by atoms with Crippen molar-refractivity contribution in [2.45, 2.75) is 13.8 Å². The van der Waals surface area contributed by atoms with Crippen molar-refractivity contribution in [2.75, 3.05) is 6.61 Å². The van der Waals surface area contributed by atoms with Gasteiger partial charge >= 0.3 is 0 Å². The molecule has 0 aliphatic rings. The number of hydrazone groups is 1. The molecule has 0 aliphatic heterocycles. The zero-order valence-corrected chi connectivity index (χ0v) is 13.7. The zero-order chi connectivity index (χ0) is 18.4. The topological polar surface area (TPSA) is 93.8 Å². The molecular weight excluding hydrogens is 329 g/mol. The molecule has 0 unspecified atom stereocenters. The van der Waals surface area contributed by atoms with Crippen LogP contribution in [0.4, 0.5) is 10.1 Å². The molecule has 0 aromatic heterocycles. The smallest absolute Gasteiger partial charge is 0.277 e. The number of nitro groups is 1. The Balaban J connectivity index is 1.96. The number of nitrogens with zero attached hydrogens (tertiary/aromatic N) is 2. The number of nitrogens with one attached hydrogen (secondary N) is 1. The number of amides is 1. The predicted molar refractivity (Wildman–Crippen MR) is 90.1 cm³/mol. The molecule has 0 bridgehead atoms. The number of carbonyl (C=O) groups is 1. The van der Waals surface area contributed by atoms with E-state index in [1.54, 1.807) is 26.0 Å². The molecule has 0 spiro atoms. The molecule has 0 aliphatic carbocycles. The lowest BCUT2D eigenvalue weighted by Crippen LogP contribution is -2.25. The van der Waals surface area contributed by atoms with E-state index in [4.69, 9.17) is 4.74 Å². The first kappa shape index (κ1) is 18.1. The SMILES string of the molecule is C/C(=N\NC(=O)COc1ccc(F)cc1)c1ccc(C)c([N+](=O)[O-])c1. The molecule has 2 rings (SSSR count). The molecule has 0 radical (unpaired) electrons. The summed E-state index contributed by atoms with van der Waals surface area (Å²) in [5, 5.41) is 14.9. The van der Waals surface area contributed by atoms with Crippen LogP contribution in [0.3, 0.4) is 0 Å². The molecule has 2 aromatic rings. The third-order valence-corrected chi connectivity index (χ3v) is 3.36. The second-order valence-electron chi connectivity index (χ2n) is 5.23. The van der Waals surface area contributed by atoms with E-state index in [1.807, 2.05) is 0 Å². The Morgan fingerprint density at radius 3 is 2.60 bits per heavy atom. The largest absolute Gasteiger partial charge is 0.484 e. The Morgan fingerprint density at radius 1 is 1.28 bits per heavy atom. The maximum absolute atomic E-state index is 12.8. The van der Waals surface area contributed by atoms with Crippen LogP contribution in [0.15, 0.2) is 47.6 Å². The quantitative estimate of drug-likeness (QED) is 0.495. The lowest BCUT2D eigenvalue weighted by molar-refractivity contribution is -0.385. The standard InChI is InChI=1S/C17H16FN3O4/c1-11-3-4-13(9-16(11)21(23)24)12(2)19-20-17(22)10-25-15-7-5-14(18)6-8-15/h3-9H,10H2,1-2H3,(H,20,22)/b19-12+. The van der Waals surface area contributed by atoms with Crippen molar-refractivity contribution < 1.29 is 18.8 Å². The third-order valence-electron chi connectivity index (χ3n) is 3.36. The second kappa shape index (κ2) is 8.00. The van der Waals surface area contributed by atoms with Gasteiger partial charge in [-0.2, -0.15) is 5.10 Å². The van der Waals surface area contributed by atoms with Crippen LogP contribution < -0.4 is 10.2 Å².